The molecular formula is C18H26O3. The van der Waals surface area contributed by atoms with Crippen molar-refractivity contribution in [2.45, 2.75) is 51.9 Å². The third kappa shape index (κ3) is 8.90. The standard InChI is InChI=1S/C18H26O3/c1-2-3-4-5-6-7-8-15-21-17-12-9-16(10-13-17)11-14-18(19)20/h9-14H,2-8,15H2,1H3,(H,19,20). The lowest BCUT2D eigenvalue weighted by atomic mass is 10.1. The molecular weight excluding hydrogens is 264 g/mol. The third-order valence-corrected chi connectivity index (χ3v) is 3.32. The zero-order valence-corrected chi connectivity index (χ0v) is 12.9. The van der Waals surface area contributed by atoms with Crippen LogP contribution in [0.25, 0.3) is 6.08 Å². The lowest BCUT2D eigenvalue weighted by Crippen LogP contribution is -1.97. The lowest BCUT2D eigenvalue weighted by Gasteiger charge is -2.06. The van der Waals surface area contributed by atoms with Crippen LogP contribution < -0.4 is 4.74 Å². The summed E-state index contributed by atoms with van der Waals surface area (Å²) >= 11 is 0. The van der Waals surface area contributed by atoms with Gasteiger partial charge in [-0.05, 0) is 30.2 Å². The zero-order valence-electron chi connectivity index (χ0n) is 12.9. The van der Waals surface area contributed by atoms with Gasteiger partial charge in [-0.1, -0.05) is 57.6 Å². The molecule has 0 aromatic heterocycles. The van der Waals surface area contributed by atoms with E-state index in [0.717, 1.165) is 30.4 Å². The first kappa shape index (κ1) is 17.3. The predicted molar refractivity (Wildman–Crippen MR) is 86.6 cm³/mol. The zero-order chi connectivity index (χ0) is 15.3. The normalized spacial score (nSPS) is 10.9. The molecule has 1 aromatic rings. The van der Waals surface area contributed by atoms with Crippen LogP contribution in [-0.4, -0.2) is 17.7 Å². The highest BCUT2D eigenvalue weighted by molar-refractivity contribution is 5.85. The number of ether oxygens (including phenoxy) is 1. The Balaban J connectivity index is 2.14. The first-order valence-corrected chi connectivity index (χ1v) is 7.86. The molecule has 0 atom stereocenters. The Morgan fingerprint density at radius 3 is 2.29 bits per heavy atom. The van der Waals surface area contributed by atoms with E-state index in [9.17, 15) is 4.79 Å². The number of benzene rings is 1. The van der Waals surface area contributed by atoms with Gasteiger partial charge in [-0.15, -0.1) is 0 Å². The number of hydrogen-bond donors (Lipinski definition) is 1. The first-order valence-electron chi connectivity index (χ1n) is 7.86. The van der Waals surface area contributed by atoms with E-state index in [-0.39, 0.29) is 0 Å². The molecule has 0 bridgehead atoms. The summed E-state index contributed by atoms with van der Waals surface area (Å²) in [5.74, 6) is -0.0947. The molecule has 0 fully saturated rings. The Morgan fingerprint density at radius 1 is 1.05 bits per heavy atom. The van der Waals surface area contributed by atoms with Crippen LogP contribution >= 0.6 is 0 Å². The van der Waals surface area contributed by atoms with E-state index in [1.54, 1.807) is 6.08 Å². The number of carboxylic acid groups (broad SMARTS) is 1. The van der Waals surface area contributed by atoms with Gasteiger partial charge in [0.15, 0.2) is 0 Å². The average Bonchev–Trinajstić information content (AvgIpc) is 2.49. The molecule has 0 saturated heterocycles. The van der Waals surface area contributed by atoms with E-state index in [1.807, 2.05) is 24.3 Å². The Labute approximate surface area is 127 Å². The Bertz CT molecular complexity index is 421. The second kappa shape index (κ2) is 11.0. The summed E-state index contributed by atoms with van der Waals surface area (Å²) in [5.41, 5.74) is 0.862. The van der Waals surface area contributed by atoms with Gasteiger partial charge in [-0.3, -0.25) is 0 Å². The monoisotopic (exact) mass is 290 g/mol. The van der Waals surface area contributed by atoms with Crippen LogP contribution in [-0.2, 0) is 4.79 Å². The molecule has 3 nitrogen and oxygen atoms in total. The number of hydrogen-bond acceptors (Lipinski definition) is 2. The quantitative estimate of drug-likeness (QED) is 0.465. The highest BCUT2D eigenvalue weighted by Crippen LogP contribution is 2.14. The van der Waals surface area contributed by atoms with Crippen LogP contribution in [0.15, 0.2) is 30.3 Å². The summed E-state index contributed by atoms with van der Waals surface area (Å²) in [4.78, 5) is 10.4. The van der Waals surface area contributed by atoms with Crippen molar-refractivity contribution in [2.24, 2.45) is 0 Å². The van der Waals surface area contributed by atoms with Gasteiger partial charge in [0.25, 0.3) is 0 Å². The SMILES string of the molecule is CCCCCCCCCOc1ccc(C=CC(=O)O)cc1. The van der Waals surface area contributed by atoms with Gasteiger partial charge in [0.1, 0.15) is 5.75 Å². The van der Waals surface area contributed by atoms with Crippen molar-refractivity contribution in [3.63, 3.8) is 0 Å². The van der Waals surface area contributed by atoms with E-state index in [2.05, 4.69) is 6.92 Å². The molecule has 0 saturated carbocycles. The van der Waals surface area contributed by atoms with E-state index in [0.29, 0.717) is 0 Å². The van der Waals surface area contributed by atoms with Gasteiger partial charge in [-0.25, -0.2) is 4.79 Å². The summed E-state index contributed by atoms with van der Waals surface area (Å²) in [6.07, 6.45) is 11.6. The van der Waals surface area contributed by atoms with Crippen LogP contribution in [0, 0.1) is 0 Å². The van der Waals surface area contributed by atoms with Crippen molar-refractivity contribution in [3.8, 4) is 5.75 Å². The fraction of sp³-hybridized carbons (Fsp3) is 0.500. The molecule has 0 aliphatic heterocycles. The summed E-state index contributed by atoms with van der Waals surface area (Å²) in [6, 6.07) is 7.48. The van der Waals surface area contributed by atoms with E-state index in [4.69, 9.17) is 9.84 Å². The molecule has 0 unspecified atom stereocenters. The molecule has 0 aliphatic rings. The number of rotatable bonds is 11. The van der Waals surface area contributed by atoms with Gasteiger partial charge in [-0.2, -0.15) is 0 Å². The highest BCUT2D eigenvalue weighted by atomic mass is 16.5. The lowest BCUT2D eigenvalue weighted by molar-refractivity contribution is -0.131. The second-order valence-electron chi connectivity index (χ2n) is 5.21. The van der Waals surface area contributed by atoms with Crippen LogP contribution in [0.5, 0.6) is 5.75 Å². The van der Waals surface area contributed by atoms with Crippen LogP contribution in [0.3, 0.4) is 0 Å². The van der Waals surface area contributed by atoms with Gasteiger partial charge in [0, 0.05) is 6.08 Å². The Kier molecular flexibility index (Phi) is 9.01. The molecule has 0 spiro atoms. The molecule has 1 N–H and O–H groups in total. The molecule has 3 heteroatoms. The molecule has 0 heterocycles. The second-order valence-corrected chi connectivity index (χ2v) is 5.21. The van der Waals surface area contributed by atoms with Crippen molar-refractivity contribution in [1.29, 1.82) is 0 Å². The average molecular weight is 290 g/mol. The van der Waals surface area contributed by atoms with Crippen molar-refractivity contribution in [3.05, 3.63) is 35.9 Å². The topological polar surface area (TPSA) is 46.5 Å². The van der Waals surface area contributed by atoms with E-state index < -0.39 is 5.97 Å². The van der Waals surface area contributed by atoms with Crippen molar-refractivity contribution in [2.75, 3.05) is 6.61 Å². The van der Waals surface area contributed by atoms with Crippen LogP contribution in [0.1, 0.15) is 57.4 Å². The minimum Gasteiger partial charge on any atom is -0.494 e. The Morgan fingerprint density at radius 2 is 1.67 bits per heavy atom. The summed E-state index contributed by atoms with van der Waals surface area (Å²) in [7, 11) is 0. The van der Waals surface area contributed by atoms with Gasteiger partial charge in [0.2, 0.25) is 0 Å². The Hall–Kier alpha value is -1.77. The summed E-state index contributed by atoms with van der Waals surface area (Å²) in [5, 5.41) is 8.55. The third-order valence-electron chi connectivity index (χ3n) is 3.32. The van der Waals surface area contributed by atoms with Crippen LogP contribution in [0.2, 0.25) is 0 Å². The van der Waals surface area contributed by atoms with Crippen molar-refractivity contribution >= 4 is 12.0 Å². The van der Waals surface area contributed by atoms with Gasteiger partial charge < -0.3 is 9.84 Å². The maximum Gasteiger partial charge on any atom is 0.328 e. The molecule has 0 aliphatic carbocycles. The highest BCUT2D eigenvalue weighted by Gasteiger charge is 1.95. The van der Waals surface area contributed by atoms with E-state index in [1.165, 1.54) is 38.5 Å². The largest absolute Gasteiger partial charge is 0.494 e. The van der Waals surface area contributed by atoms with E-state index >= 15 is 0 Å². The maximum atomic E-state index is 10.4. The summed E-state index contributed by atoms with van der Waals surface area (Å²) < 4.78 is 5.67. The number of carboxylic acids is 1. The molecule has 1 rings (SSSR count). The molecule has 21 heavy (non-hydrogen) atoms. The predicted octanol–water partition coefficient (Wildman–Crippen LogP) is 4.91. The fourth-order valence-corrected chi connectivity index (χ4v) is 2.09. The molecule has 0 radical (unpaired) electrons. The maximum absolute atomic E-state index is 10.4. The number of aliphatic carboxylic acids is 1. The minimum absolute atomic E-state index is 0.748. The number of carbonyl (C=O) groups is 1. The molecule has 116 valence electrons. The first-order chi connectivity index (χ1) is 10.2. The van der Waals surface area contributed by atoms with Crippen molar-refractivity contribution < 1.29 is 14.6 Å². The van der Waals surface area contributed by atoms with Crippen LogP contribution in [0.4, 0.5) is 0 Å². The number of unbranched alkanes of at least 4 members (excludes halogenated alkanes) is 6. The van der Waals surface area contributed by atoms with Crippen molar-refractivity contribution in [1.82, 2.24) is 0 Å². The molecule has 1 aromatic carbocycles. The minimum atomic E-state index is -0.936. The smallest absolute Gasteiger partial charge is 0.328 e. The summed E-state index contributed by atoms with van der Waals surface area (Å²) in [6.45, 7) is 2.98. The molecule has 0 amide bonds. The fourth-order valence-electron chi connectivity index (χ4n) is 2.09. The van der Waals surface area contributed by atoms with Gasteiger partial charge in [0.05, 0.1) is 6.61 Å². The van der Waals surface area contributed by atoms with Gasteiger partial charge >= 0.3 is 5.97 Å².